The molecule has 0 aliphatic carbocycles. The van der Waals surface area contributed by atoms with Crippen LogP contribution in [-0.4, -0.2) is 11.7 Å². The minimum atomic E-state index is 0.355. The molecule has 0 spiro atoms. The molecular formula is C5H14ClOP. The molecule has 8 heavy (non-hydrogen) atoms. The molecule has 3 heteroatoms. The average molecular weight is 157 g/mol. The molecule has 0 radical (unpaired) electrons. The molecule has 0 fully saturated rings. The average Bonchev–Trinajstić information content (AvgIpc) is 1.88. The predicted molar refractivity (Wildman–Crippen MR) is 42.2 cm³/mol. The monoisotopic (exact) mass is 156 g/mol. The van der Waals surface area contributed by atoms with Crippen molar-refractivity contribution in [3.63, 3.8) is 0 Å². The van der Waals surface area contributed by atoms with Crippen LogP contribution in [0.15, 0.2) is 0 Å². The zero-order valence-corrected chi connectivity index (χ0v) is 7.14. The Bertz CT molecular complexity index is 24.4. The summed E-state index contributed by atoms with van der Waals surface area (Å²) < 4.78 is 0. The largest absolute Gasteiger partial charge is 0.396 e. The first-order chi connectivity index (χ1) is 3.91. The molecule has 0 saturated heterocycles. The van der Waals surface area contributed by atoms with Gasteiger partial charge < -0.3 is 5.11 Å². The highest BCUT2D eigenvalue weighted by Crippen LogP contribution is 1.89. The van der Waals surface area contributed by atoms with Crippen molar-refractivity contribution < 1.29 is 5.11 Å². The van der Waals surface area contributed by atoms with Gasteiger partial charge >= 0.3 is 0 Å². The molecule has 0 aliphatic rings. The predicted octanol–water partition coefficient (Wildman–Crippen LogP) is 2.18. The molecular weight excluding hydrogens is 142 g/mol. The minimum absolute atomic E-state index is 0.355. The van der Waals surface area contributed by atoms with Crippen molar-refractivity contribution in [2.45, 2.75) is 26.2 Å². The van der Waals surface area contributed by atoms with E-state index in [0.29, 0.717) is 6.61 Å². The maximum absolute atomic E-state index is 8.20. The van der Waals surface area contributed by atoms with Gasteiger partial charge in [0.05, 0.1) is 0 Å². The van der Waals surface area contributed by atoms with Crippen LogP contribution in [0.25, 0.3) is 0 Å². The first-order valence-electron chi connectivity index (χ1n) is 2.74. The van der Waals surface area contributed by atoms with E-state index in [1.54, 1.807) is 0 Å². The number of hydrogen-bond acceptors (Lipinski definition) is 1. The fourth-order valence-corrected chi connectivity index (χ4v) is 0.362. The zero-order valence-electron chi connectivity index (χ0n) is 5.23. The van der Waals surface area contributed by atoms with E-state index in [4.69, 9.17) is 5.11 Å². The van der Waals surface area contributed by atoms with E-state index in [-0.39, 0.29) is 0 Å². The molecule has 1 unspecified atom stereocenters. The van der Waals surface area contributed by atoms with E-state index in [1.807, 2.05) is 8.59 Å². The Balaban J connectivity index is 0. The lowest BCUT2D eigenvalue weighted by Gasteiger charge is -1.85. The van der Waals surface area contributed by atoms with Crippen molar-refractivity contribution in [2.75, 3.05) is 6.61 Å². The summed E-state index contributed by atoms with van der Waals surface area (Å²) in [6.45, 7) is 2.48. The second-order valence-corrected chi connectivity index (χ2v) is 1.43. The third-order valence-corrected chi connectivity index (χ3v) is 0.762. The number of aliphatic hydroxyl groups is 1. The molecule has 0 rings (SSSR count). The van der Waals surface area contributed by atoms with Crippen molar-refractivity contribution in [1.82, 2.24) is 0 Å². The van der Waals surface area contributed by atoms with Gasteiger partial charge in [0, 0.05) is 6.61 Å². The van der Waals surface area contributed by atoms with E-state index in [2.05, 4.69) is 18.2 Å². The van der Waals surface area contributed by atoms with Crippen LogP contribution in [-0.2, 0) is 0 Å². The summed E-state index contributed by atoms with van der Waals surface area (Å²) >= 11 is 4.56. The van der Waals surface area contributed by atoms with E-state index in [0.717, 1.165) is 12.8 Å². The van der Waals surface area contributed by atoms with Crippen LogP contribution >= 0.6 is 19.8 Å². The fraction of sp³-hybridized carbons (Fsp3) is 1.00. The molecule has 0 amide bonds. The standard InChI is InChI=1S/C5H12O.ClH2P/c1-2-3-4-5-6;1-2/h6H,2-5H2,1H3;2H2. The van der Waals surface area contributed by atoms with Crippen molar-refractivity contribution in [1.29, 1.82) is 0 Å². The first kappa shape index (κ1) is 11.5. The highest BCUT2D eigenvalue weighted by atomic mass is 35.7. The minimum Gasteiger partial charge on any atom is -0.396 e. The van der Waals surface area contributed by atoms with Gasteiger partial charge in [-0.3, -0.25) is 0 Å². The SMILES string of the molecule is CCCCCO.PCl. The summed E-state index contributed by atoms with van der Waals surface area (Å²) in [6.07, 6.45) is 3.33. The van der Waals surface area contributed by atoms with Crippen molar-refractivity contribution in [3.05, 3.63) is 0 Å². The smallest absolute Gasteiger partial charge is 0.0431 e. The molecule has 0 aromatic rings. The van der Waals surface area contributed by atoms with Crippen LogP contribution in [0, 0.1) is 0 Å². The maximum Gasteiger partial charge on any atom is 0.0431 e. The maximum atomic E-state index is 8.20. The molecule has 52 valence electrons. The highest BCUT2D eigenvalue weighted by molar-refractivity contribution is 7.52. The van der Waals surface area contributed by atoms with Crippen LogP contribution in [0.4, 0.5) is 0 Å². The molecule has 1 atom stereocenters. The van der Waals surface area contributed by atoms with Crippen LogP contribution in [0.1, 0.15) is 26.2 Å². The molecule has 1 nitrogen and oxygen atoms in total. The lowest BCUT2D eigenvalue weighted by Crippen LogP contribution is -1.78. The quantitative estimate of drug-likeness (QED) is 0.491. The summed E-state index contributed by atoms with van der Waals surface area (Å²) in [4.78, 5) is 0. The van der Waals surface area contributed by atoms with Crippen molar-refractivity contribution in [2.24, 2.45) is 0 Å². The third-order valence-electron chi connectivity index (χ3n) is 0.762. The topological polar surface area (TPSA) is 20.2 Å². The Morgan fingerprint density at radius 2 is 1.88 bits per heavy atom. The normalized spacial score (nSPS) is 7.50. The number of aliphatic hydroxyl groups excluding tert-OH is 1. The van der Waals surface area contributed by atoms with Crippen LogP contribution in [0.3, 0.4) is 0 Å². The van der Waals surface area contributed by atoms with Crippen molar-refractivity contribution >= 4 is 19.8 Å². The van der Waals surface area contributed by atoms with E-state index in [1.165, 1.54) is 6.42 Å². The third kappa shape index (κ3) is 15.9. The van der Waals surface area contributed by atoms with Crippen LogP contribution in [0.5, 0.6) is 0 Å². The Morgan fingerprint density at radius 1 is 1.38 bits per heavy atom. The Hall–Kier alpha value is 0.680. The second kappa shape index (κ2) is 15.6. The summed E-state index contributed by atoms with van der Waals surface area (Å²) in [5, 5.41) is 8.20. The number of unbranched alkanes of at least 4 members (excludes halogenated alkanes) is 2. The number of rotatable bonds is 3. The summed E-state index contributed by atoms with van der Waals surface area (Å²) in [5.74, 6) is 0. The first-order valence-corrected chi connectivity index (χ1v) is 4.49. The molecule has 0 heterocycles. The van der Waals surface area contributed by atoms with Gasteiger partial charge in [0.15, 0.2) is 0 Å². The van der Waals surface area contributed by atoms with Gasteiger partial charge in [0.25, 0.3) is 0 Å². The lowest BCUT2D eigenvalue weighted by atomic mass is 10.3. The van der Waals surface area contributed by atoms with Gasteiger partial charge in [0.1, 0.15) is 0 Å². The van der Waals surface area contributed by atoms with E-state index < -0.39 is 0 Å². The Labute approximate surface area is 58.4 Å². The number of hydrogen-bond donors (Lipinski definition) is 1. The number of halogens is 1. The van der Waals surface area contributed by atoms with Gasteiger partial charge in [-0.25, -0.2) is 0 Å². The molecule has 0 aromatic carbocycles. The highest BCUT2D eigenvalue weighted by Gasteiger charge is 1.76. The van der Waals surface area contributed by atoms with Crippen molar-refractivity contribution in [3.8, 4) is 0 Å². The second-order valence-electron chi connectivity index (χ2n) is 1.43. The van der Waals surface area contributed by atoms with Gasteiger partial charge in [-0.2, -0.15) is 0 Å². The van der Waals surface area contributed by atoms with Crippen LogP contribution < -0.4 is 0 Å². The summed E-state index contributed by atoms with van der Waals surface area (Å²) in [7, 11) is 1.89. The zero-order chi connectivity index (χ0) is 6.83. The molecule has 0 aromatic heterocycles. The van der Waals surface area contributed by atoms with E-state index >= 15 is 0 Å². The lowest BCUT2D eigenvalue weighted by molar-refractivity contribution is 0.284. The summed E-state index contributed by atoms with van der Waals surface area (Å²) in [5.41, 5.74) is 0. The molecule has 0 aliphatic heterocycles. The van der Waals surface area contributed by atoms with Gasteiger partial charge in [-0.15, -0.1) is 11.2 Å². The van der Waals surface area contributed by atoms with E-state index in [9.17, 15) is 0 Å². The molecule has 1 N–H and O–H groups in total. The van der Waals surface area contributed by atoms with Crippen LogP contribution in [0.2, 0.25) is 0 Å². The molecule has 0 saturated carbocycles. The summed E-state index contributed by atoms with van der Waals surface area (Å²) in [6, 6.07) is 0. The molecule has 0 bridgehead atoms. The van der Waals surface area contributed by atoms with Gasteiger partial charge in [-0.05, 0) is 15.0 Å². The van der Waals surface area contributed by atoms with Gasteiger partial charge in [-0.1, -0.05) is 19.8 Å². The fourth-order valence-electron chi connectivity index (χ4n) is 0.362. The van der Waals surface area contributed by atoms with Gasteiger partial charge in [0.2, 0.25) is 0 Å². The Morgan fingerprint density at radius 3 is 2.00 bits per heavy atom. The Kier molecular flexibility index (Phi) is 22.4.